The zero-order chi connectivity index (χ0) is 15.6. The molecule has 0 bridgehead atoms. The second-order valence-corrected chi connectivity index (χ2v) is 5.96. The lowest BCUT2D eigenvalue weighted by Gasteiger charge is -2.17. The Hall–Kier alpha value is -1.52. The number of aromatic nitrogens is 2. The van der Waals surface area contributed by atoms with E-state index >= 15 is 0 Å². The van der Waals surface area contributed by atoms with Crippen molar-refractivity contribution in [3.63, 3.8) is 0 Å². The van der Waals surface area contributed by atoms with E-state index in [0.717, 1.165) is 11.3 Å². The molecule has 1 heterocycles. The Kier molecular flexibility index (Phi) is 4.91. The summed E-state index contributed by atoms with van der Waals surface area (Å²) in [7, 11) is 0. The number of nitrogens with zero attached hydrogens (tertiary/aromatic N) is 2. The Morgan fingerprint density at radius 3 is 2.29 bits per heavy atom. The first kappa shape index (κ1) is 15.9. The average Bonchev–Trinajstić information content (AvgIpc) is 2.80. The monoisotopic (exact) mass is 308 g/mol. The van der Waals surface area contributed by atoms with E-state index in [9.17, 15) is 5.11 Å². The first-order valence-corrected chi connectivity index (χ1v) is 7.45. The van der Waals surface area contributed by atoms with Crippen molar-refractivity contribution in [2.75, 3.05) is 0 Å². The Morgan fingerprint density at radius 2 is 1.76 bits per heavy atom. The van der Waals surface area contributed by atoms with Crippen molar-refractivity contribution < 1.29 is 9.84 Å². The van der Waals surface area contributed by atoms with Crippen LogP contribution in [0.2, 0.25) is 5.02 Å². The van der Waals surface area contributed by atoms with Crippen molar-refractivity contribution in [2.45, 2.75) is 45.9 Å². The topological polar surface area (TPSA) is 47.3 Å². The molecule has 0 aliphatic heterocycles. The van der Waals surface area contributed by atoms with E-state index in [2.05, 4.69) is 5.10 Å². The summed E-state index contributed by atoms with van der Waals surface area (Å²) in [6.45, 7) is 7.95. The second-order valence-electron chi connectivity index (χ2n) is 5.55. The number of hydrogen-bond acceptors (Lipinski definition) is 3. The number of aliphatic hydroxyl groups is 1. The summed E-state index contributed by atoms with van der Waals surface area (Å²) >= 11 is 6.17. The minimum Gasteiger partial charge on any atom is -0.491 e. The fraction of sp³-hybridized carbons (Fsp3) is 0.438. The van der Waals surface area contributed by atoms with Gasteiger partial charge in [-0.2, -0.15) is 5.10 Å². The van der Waals surface area contributed by atoms with Crippen LogP contribution in [-0.4, -0.2) is 21.0 Å². The highest BCUT2D eigenvalue weighted by Crippen LogP contribution is 2.30. The number of ether oxygens (including phenoxy) is 1. The SMILES string of the molecule is CC(C)Oc1ccc(C(O)c2c(Cl)cnn2C(C)C)cc1. The molecule has 0 spiro atoms. The molecule has 4 nitrogen and oxygen atoms in total. The molecule has 5 heteroatoms. The van der Waals surface area contributed by atoms with Gasteiger partial charge in [0.05, 0.1) is 23.0 Å². The number of halogens is 1. The van der Waals surface area contributed by atoms with Gasteiger partial charge in [-0.25, -0.2) is 0 Å². The van der Waals surface area contributed by atoms with Crippen molar-refractivity contribution in [1.29, 1.82) is 0 Å². The zero-order valence-corrected chi connectivity index (χ0v) is 13.5. The highest BCUT2D eigenvalue weighted by atomic mass is 35.5. The van der Waals surface area contributed by atoms with E-state index in [0.29, 0.717) is 10.7 Å². The fourth-order valence-electron chi connectivity index (χ4n) is 2.18. The molecule has 114 valence electrons. The molecule has 0 saturated heterocycles. The van der Waals surface area contributed by atoms with Crippen LogP contribution in [-0.2, 0) is 0 Å². The molecule has 1 unspecified atom stereocenters. The molecular weight excluding hydrogens is 288 g/mol. The van der Waals surface area contributed by atoms with E-state index in [-0.39, 0.29) is 12.1 Å². The van der Waals surface area contributed by atoms with Gasteiger partial charge in [0, 0.05) is 6.04 Å². The van der Waals surface area contributed by atoms with E-state index in [1.54, 1.807) is 10.9 Å². The minimum absolute atomic E-state index is 0.123. The van der Waals surface area contributed by atoms with Gasteiger partial charge in [0.1, 0.15) is 11.9 Å². The summed E-state index contributed by atoms with van der Waals surface area (Å²) in [6.07, 6.45) is 0.879. The normalized spacial score (nSPS) is 13.0. The fourth-order valence-corrected chi connectivity index (χ4v) is 2.41. The summed E-state index contributed by atoms with van der Waals surface area (Å²) in [4.78, 5) is 0. The van der Waals surface area contributed by atoms with Gasteiger partial charge in [0.25, 0.3) is 0 Å². The van der Waals surface area contributed by atoms with Crippen LogP contribution >= 0.6 is 11.6 Å². The predicted octanol–water partition coefficient (Wildman–Crippen LogP) is 3.99. The molecule has 1 atom stereocenters. The Balaban J connectivity index is 2.28. The average molecular weight is 309 g/mol. The highest BCUT2D eigenvalue weighted by Gasteiger charge is 2.21. The van der Waals surface area contributed by atoms with Gasteiger partial charge in [-0.05, 0) is 45.4 Å². The highest BCUT2D eigenvalue weighted by molar-refractivity contribution is 6.31. The van der Waals surface area contributed by atoms with Crippen LogP contribution in [0.3, 0.4) is 0 Å². The molecule has 0 aliphatic rings. The Morgan fingerprint density at radius 1 is 1.14 bits per heavy atom. The maximum Gasteiger partial charge on any atom is 0.122 e. The Bertz CT molecular complexity index is 591. The summed E-state index contributed by atoms with van der Waals surface area (Å²) in [6, 6.07) is 7.52. The summed E-state index contributed by atoms with van der Waals surface area (Å²) < 4.78 is 7.34. The van der Waals surface area contributed by atoms with Gasteiger partial charge in [0.15, 0.2) is 0 Å². The van der Waals surface area contributed by atoms with Gasteiger partial charge >= 0.3 is 0 Å². The van der Waals surface area contributed by atoms with Crippen LogP contribution in [0.15, 0.2) is 30.5 Å². The van der Waals surface area contributed by atoms with Crippen LogP contribution in [0.25, 0.3) is 0 Å². The summed E-state index contributed by atoms with van der Waals surface area (Å²) in [5.74, 6) is 0.782. The maximum absolute atomic E-state index is 10.6. The van der Waals surface area contributed by atoms with Crippen LogP contribution in [0.4, 0.5) is 0 Å². The van der Waals surface area contributed by atoms with Gasteiger partial charge in [0.2, 0.25) is 0 Å². The third-order valence-electron chi connectivity index (χ3n) is 3.10. The van der Waals surface area contributed by atoms with E-state index in [1.165, 1.54) is 0 Å². The molecule has 2 aromatic rings. The number of benzene rings is 1. The van der Waals surface area contributed by atoms with Gasteiger partial charge < -0.3 is 9.84 Å². The first-order valence-electron chi connectivity index (χ1n) is 7.07. The molecule has 0 fully saturated rings. The Labute approximate surface area is 130 Å². The van der Waals surface area contributed by atoms with Crippen molar-refractivity contribution >= 4 is 11.6 Å². The molecule has 0 radical (unpaired) electrons. The van der Waals surface area contributed by atoms with Crippen LogP contribution in [0, 0.1) is 0 Å². The van der Waals surface area contributed by atoms with Gasteiger partial charge in [-0.1, -0.05) is 23.7 Å². The third kappa shape index (κ3) is 3.57. The lowest BCUT2D eigenvalue weighted by Crippen LogP contribution is -2.12. The molecule has 0 amide bonds. The molecule has 1 aromatic carbocycles. The predicted molar refractivity (Wildman–Crippen MR) is 83.9 cm³/mol. The van der Waals surface area contributed by atoms with Gasteiger partial charge in [-0.3, -0.25) is 4.68 Å². The lowest BCUT2D eigenvalue weighted by atomic mass is 10.1. The molecule has 2 rings (SSSR count). The molecule has 21 heavy (non-hydrogen) atoms. The van der Waals surface area contributed by atoms with E-state index in [1.807, 2.05) is 52.0 Å². The van der Waals surface area contributed by atoms with Crippen molar-refractivity contribution in [3.8, 4) is 5.75 Å². The summed E-state index contributed by atoms with van der Waals surface area (Å²) in [5, 5.41) is 15.3. The maximum atomic E-state index is 10.6. The van der Waals surface area contributed by atoms with Crippen molar-refractivity contribution in [3.05, 3.63) is 46.7 Å². The largest absolute Gasteiger partial charge is 0.491 e. The number of aliphatic hydroxyl groups excluding tert-OH is 1. The van der Waals surface area contributed by atoms with Crippen LogP contribution < -0.4 is 4.74 Å². The zero-order valence-electron chi connectivity index (χ0n) is 12.7. The summed E-state index contributed by atoms with van der Waals surface area (Å²) in [5.41, 5.74) is 1.37. The van der Waals surface area contributed by atoms with E-state index in [4.69, 9.17) is 16.3 Å². The van der Waals surface area contributed by atoms with Crippen molar-refractivity contribution in [2.24, 2.45) is 0 Å². The molecule has 0 aliphatic carbocycles. The van der Waals surface area contributed by atoms with Gasteiger partial charge in [-0.15, -0.1) is 0 Å². The second kappa shape index (κ2) is 6.50. The third-order valence-corrected chi connectivity index (χ3v) is 3.39. The van der Waals surface area contributed by atoms with Crippen LogP contribution in [0.5, 0.6) is 5.75 Å². The van der Waals surface area contributed by atoms with Crippen molar-refractivity contribution in [1.82, 2.24) is 9.78 Å². The smallest absolute Gasteiger partial charge is 0.122 e. The molecule has 0 saturated carbocycles. The number of hydrogen-bond donors (Lipinski definition) is 1. The molecule has 1 N–H and O–H groups in total. The number of rotatable bonds is 5. The van der Waals surface area contributed by atoms with Crippen LogP contribution in [0.1, 0.15) is 51.1 Å². The first-order chi connectivity index (χ1) is 9.90. The lowest BCUT2D eigenvalue weighted by molar-refractivity contribution is 0.204. The minimum atomic E-state index is -0.810. The van der Waals surface area contributed by atoms with E-state index < -0.39 is 6.10 Å². The molecular formula is C16H21ClN2O2. The molecule has 1 aromatic heterocycles. The quantitative estimate of drug-likeness (QED) is 0.908. The standard InChI is InChI=1S/C16H21ClN2O2/c1-10(2)19-15(14(17)9-18-19)16(20)12-5-7-13(8-6-12)21-11(3)4/h5-11,16,20H,1-4H3.